The van der Waals surface area contributed by atoms with Gasteiger partial charge in [0.15, 0.2) is 11.3 Å². The molecule has 0 radical (unpaired) electrons. The van der Waals surface area contributed by atoms with Crippen molar-refractivity contribution in [1.29, 1.82) is 0 Å². The number of fused-ring (bicyclic) bond motifs is 1. The van der Waals surface area contributed by atoms with Crippen molar-refractivity contribution in [3.8, 4) is 0 Å². The third-order valence-corrected chi connectivity index (χ3v) is 3.90. The number of carbonyl (C=O) groups is 1. The molecule has 0 fully saturated rings. The summed E-state index contributed by atoms with van der Waals surface area (Å²) in [5.74, 6) is -0.136. The van der Waals surface area contributed by atoms with Crippen LogP contribution in [0.2, 0.25) is 0 Å². The number of alkyl halides is 3. The minimum absolute atomic E-state index is 0.0783. The Labute approximate surface area is 141 Å². The Morgan fingerprint density at radius 3 is 2.83 bits per heavy atom. The molecule has 10 heteroatoms. The van der Waals surface area contributed by atoms with Crippen molar-refractivity contribution in [3.63, 3.8) is 0 Å². The molecular formula is C14H10BrF3N4O2. The Bertz CT molecular complexity index is 903. The van der Waals surface area contributed by atoms with Crippen molar-refractivity contribution >= 4 is 27.5 Å². The fourth-order valence-corrected chi connectivity index (χ4v) is 2.64. The number of halogens is 4. The van der Waals surface area contributed by atoms with Gasteiger partial charge in [-0.15, -0.1) is 0 Å². The number of rotatable bonds is 3. The van der Waals surface area contributed by atoms with E-state index >= 15 is 0 Å². The highest BCUT2D eigenvalue weighted by Gasteiger charge is 2.36. The van der Waals surface area contributed by atoms with E-state index in [1.807, 2.05) is 0 Å². The van der Waals surface area contributed by atoms with Crippen molar-refractivity contribution < 1.29 is 22.4 Å². The van der Waals surface area contributed by atoms with E-state index in [-0.39, 0.29) is 28.1 Å². The molecule has 6 nitrogen and oxygen atoms in total. The lowest BCUT2D eigenvalue weighted by atomic mass is 10.3. The zero-order chi connectivity index (χ0) is 17.5. The third kappa shape index (κ3) is 3.01. The van der Waals surface area contributed by atoms with Gasteiger partial charge in [0.25, 0.3) is 5.91 Å². The summed E-state index contributed by atoms with van der Waals surface area (Å²) < 4.78 is 45.2. The Kier molecular flexibility index (Phi) is 4.08. The first-order valence-corrected chi connectivity index (χ1v) is 7.50. The molecule has 0 aliphatic rings. The highest BCUT2D eigenvalue weighted by atomic mass is 79.9. The van der Waals surface area contributed by atoms with Gasteiger partial charge in [-0.3, -0.25) is 4.79 Å². The van der Waals surface area contributed by atoms with Gasteiger partial charge in [-0.25, -0.2) is 9.50 Å². The van der Waals surface area contributed by atoms with Gasteiger partial charge in [-0.1, -0.05) is 0 Å². The second-order valence-corrected chi connectivity index (χ2v) is 5.73. The number of hydrogen-bond donors (Lipinski definition) is 1. The molecular weight excluding hydrogens is 393 g/mol. The van der Waals surface area contributed by atoms with E-state index < -0.39 is 17.8 Å². The number of aromatic nitrogens is 3. The van der Waals surface area contributed by atoms with Crippen LogP contribution in [-0.4, -0.2) is 20.5 Å². The van der Waals surface area contributed by atoms with Gasteiger partial charge in [-0.05, 0) is 41.1 Å². The summed E-state index contributed by atoms with van der Waals surface area (Å²) in [6.07, 6.45) is -3.18. The molecule has 126 valence electrons. The summed E-state index contributed by atoms with van der Waals surface area (Å²) in [6, 6.07) is 4.19. The van der Waals surface area contributed by atoms with Crippen LogP contribution in [0.1, 0.15) is 27.6 Å². The average Bonchev–Trinajstić information content (AvgIpc) is 3.12. The molecule has 0 atom stereocenters. The molecule has 24 heavy (non-hydrogen) atoms. The van der Waals surface area contributed by atoms with Crippen LogP contribution in [-0.2, 0) is 12.7 Å². The van der Waals surface area contributed by atoms with E-state index in [1.54, 1.807) is 12.1 Å². The summed E-state index contributed by atoms with van der Waals surface area (Å²) in [7, 11) is 0. The smallest absolute Gasteiger partial charge is 0.433 e. The molecule has 3 rings (SSSR count). The van der Waals surface area contributed by atoms with Gasteiger partial charge in [0, 0.05) is 5.69 Å². The molecule has 0 aliphatic heterocycles. The highest BCUT2D eigenvalue weighted by Crippen LogP contribution is 2.32. The Morgan fingerprint density at radius 2 is 2.21 bits per heavy atom. The summed E-state index contributed by atoms with van der Waals surface area (Å²) in [6.45, 7) is 1.52. The van der Waals surface area contributed by atoms with E-state index in [2.05, 4.69) is 31.3 Å². The van der Waals surface area contributed by atoms with E-state index in [4.69, 9.17) is 4.42 Å². The van der Waals surface area contributed by atoms with Crippen LogP contribution >= 0.6 is 15.9 Å². The average molecular weight is 403 g/mol. The van der Waals surface area contributed by atoms with Gasteiger partial charge >= 0.3 is 6.18 Å². The fourth-order valence-electron chi connectivity index (χ4n) is 2.12. The van der Waals surface area contributed by atoms with Crippen LogP contribution < -0.4 is 5.32 Å². The van der Waals surface area contributed by atoms with Gasteiger partial charge in [-0.2, -0.15) is 18.3 Å². The van der Waals surface area contributed by atoms with Crippen LogP contribution in [0.4, 0.5) is 13.2 Å². The van der Waals surface area contributed by atoms with E-state index in [1.165, 1.54) is 13.2 Å². The zero-order valence-corrected chi connectivity index (χ0v) is 13.8. The Morgan fingerprint density at radius 1 is 1.46 bits per heavy atom. The molecule has 0 aliphatic carbocycles. The maximum atomic E-state index is 13.2. The van der Waals surface area contributed by atoms with E-state index in [0.29, 0.717) is 10.3 Å². The van der Waals surface area contributed by atoms with E-state index in [0.717, 1.165) is 6.07 Å². The minimum Gasteiger partial charge on any atom is -0.467 e. The standard InChI is InChI=1S/C14H10BrF3N4O2/c1-7-5-9(14(16,17)18)22-12(20-7)10(15)11(21-22)13(23)19-6-8-3-2-4-24-8/h2-5H,6H2,1H3,(H,19,23). The lowest BCUT2D eigenvalue weighted by molar-refractivity contribution is -0.142. The van der Waals surface area contributed by atoms with E-state index in [9.17, 15) is 18.0 Å². The van der Waals surface area contributed by atoms with Gasteiger partial charge in [0.05, 0.1) is 17.3 Å². The monoisotopic (exact) mass is 402 g/mol. The maximum absolute atomic E-state index is 13.2. The maximum Gasteiger partial charge on any atom is 0.433 e. The molecule has 3 aromatic rings. The van der Waals surface area contributed by atoms with Gasteiger partial charge in [0.2, 0.25) is 0 Å². The van der Waals surface area contributed by atoms with Crippen molar-refractivity contribution in [2.75, 3.05) is 0 Å². The van der Waals surface area contributed by atoms with Crippen LogP contribution in [0.5, 0.6) is 0 Å². The topological polar surface area (TPSA) is 72.4 Å². The molecule has 1 N–H and O–H groups in total. The summed E-state index contributed by atoms with van der Waals surface area (Å²) in [5, 5.41) is 6.29. The fraction of sp³-hybridized carbons (Fsp3) is 0.214. The van der Waals surface area contributed by atoms with Crippen LogP contribution in [0.25, 0.3) is 5.65 Å². The summed E-state index contributed by atoms with van der Waals surface area (Å²) in [4.78, 5) is 16.2. The predicted octanol–water partition coefficient (Wildman–Crippen LogP) is 3.34. The molecule has 3 heterocycles. The van der Waals surface area contributed by atoms with Crippen LogP contribution in [0, 0.1) is 6.92 Å². The number of furan rings is 1. The molecule has 3 aromatic heterocycles. The van der Waals surface area contributed by atoms with Crippen molar-refractivity contribution in [3.05, 3.63) is 51.8 Å². The number of carbonyl (C=O) groups excluding carboxylic acids is 1. The van der Waals surface area contributed by atoms with Crippen LogP contribution in [0.3, 0.4) is 0 Å². The SMILES string of the molecule is Cc1cc(C(F)(F)F)n2nc(C(=O)NCc3ccco3)c(Br)c2n1. The molecule has 0 saturated carbocycles. The van der Waals surface area contributed by atoms with Gasteiger partial charge < -0.3 is 9.73 Å². The first-order chi connectivity index (χ1) is 11.3. The number of aryl methyl sites for hydroxylation is 1. The summed E-state index contributed by atoms with van der Waals surface area (Å²) >= 11 is 3.11. The number of hydrogen-bond acceptors (Lipinski definition) is 4. The Balaban J connectivity index is 2.00. The molecule has 0 unspecified atom stereocenters. The Hall–Kier alpha value is -2.36. The number of amides is 1. The minimum atomic E-state index is -4.63. The van der Waals surface area contributed by atoms with Crippen molar-refractivity contribution in [2.24, 2.45) is 0 Å². The molecule has 0 aromatic carbocycles. The normalized spacial score (nSPS) is 11.9. The molecule has 0 bridgehead atoms. The zero-order valence-electron chi connectivity index (χ0n) is 12.2. The quantitative estimate of drug-likeness (QED) is 0.728. The first kappa shape index (κ1) is 16.5. The summed E-state index contributed by atoms with van der Waals surface area (Å²) in [5.41, 5.74) is -1.11. The van der Waals surface area contributed by atoms with Crippen molar-refractivity contribution in [2.45, 2.75) is 19.6 Å². The number of nitrogens with one attached hydrogen (secondary N) is 1. The predicted molar refractivity (Wildman–Crippen MR) is 80.3 cm³/mol. The second kappa shape index (κ2) is 5.93. The number of nitrogens with zero attached hydrogens (tertiary/aromatic N) is 3. The van der Waals surface area contributed by atoms with Crippen molar-refractivity contribution in [1.82, 2.24) is 19.9 Å². The lowest BCUT2D eigenvalue weighted by Crippen LogP contribution is -2.23. The molecule has 0 spiro atoms. The van der Waals surface area contributed by atoms with Crippen LogP contribution in [0.15, 0.2) is 33.4 Å². The largest absolute Gasteiger partial charge is 0.467 e. The second-order valence-electron chi connectivity index (χ2n) is 4.94. The molecule has 0 saturated heterocycles. The highest BCUT2D eigenvalue weighted by molar-refractivity contribution is 9.10. The third-order valence-electron chi connectivity index (χ3n) is 3.17. The van der Waals surface area contributed by atoms with Gasteiger partial charge in [0.1, 0.15) is 11.5 Å². The molecule has 1 amide bonds. The lowest BCUT2D eigenvalue weighted by Gasteiger charge is -2.09. The first-order valence-electron chi connectivity index (χ1n) is 6.71.